The number of hydrogen-bond donors (Lipinski definition) is 1. The molecule has 0 saturated carbocycles. The highest BCUT2D eigenvalue weighted by molar-refractivity contribution is 9.11. The second kappa shape index (κ2) is 4.78. The van der Waals surface area contributed by atoms with Crippen molar-refractivity contribution in [1.29, 1.82) is 0 Å². The molecule has 1 aliphatic rings. The lowest BCUT2D eigenvalue weighted by molar-refractivity contribution is 0.608. The van der Waals surface area contributed by atoms with E-state index in [9.17, 15) is 0 Å². The molecule has 2 nitrogen and oxygen atoms in total. The van der Waals surface area contributed by atoms with Gasteiger partial charge in [-0.05, 0) is 59.0 Å². The third-order valence-corrected chi connectivity index (χ3v) is 4.80. The van der Waals surface area contributed by atoms with Crippen LogP contribution in [0.5, 0.6) is 0 Å². The smallest absolute Gasteiger partial charge is 0.0705 e. The van der Waals surface area contributed by atoms with E-state index in [1.54, 1.807) is 6.20 Å². The van der Waals surface area contributed by atoms with Crippen LogP contribution in [0.3, 0.4) is 0 Å². The molecule has 1 unspecified atom stereocenters. The fourth-order valence-corrected chi connectivity index (χ4v) is 4.14. The molecule has 3 rings (SSSR count). The van der Waals surface area contributed by atoms with Crippen molar-refractivity contribution in [1.82, 2.24) is 4.98 Å². The monoisotopic (exact) mass is 308 g/mol. The number of anilines is 1. The largest absolute Gasteiger partial charge is 0.377 e. The first-order valence-corrected chi connectivity index (χ1v) is 7.38. The Balaban J connectivity index is 1.86. The van der Waals surface area contributed by atoms with E-state index in [0.717, 1.165) is 5.69 Å². The summed E-state index contributed by atoms with van der Waals surface area (Å²) < 4.78 is 1.24. The van der Waals surface area contributed by atoms with Crippen molar-refractivity contribution in [2.24, 2.45) is 0 Å². The van der Waals surface area contributed by atoms with E-state index in [1.165, 1.54) is 33.5 Å². The van der Waals surface area contributed by atoms with E-state index in [1.807, 2.05) is 23.6 Å². The van der Waals surface area contributed by atoms with E-state index in [0.29, 0.717) is 6.04 Å². The third-order valence-electron chi connectivity index (χ3n) is 3.09. The lowest BCUT2D eigenvalue weighted by atomic mass is 9.94. The van der Waals surface area contributed by atoms with E-state index >= 15 is 0 Å². The normalized spacial score (nSPS) is 18.8. The second-order valence-electron chi connectivity index (χ2n) is 4.26. The van der Waals surface area contributed by atoms with Gasteiger partial charge in [-0.3, -0.25) is 4.98 Å². The van der Waals surface area contributed by atoms with E-state index in [4.69, 9.17) is 0 Å². The van der Waals surface area contributed by atoms with Gasteiger partial charge in [-0.15, -0.1) is 11.3 Å². The summed E-state index contributed by atoms with van der Waals surface area (Å²) in [6.07, 6.45) is 7.37. The molecule has 0 saturated heterocycles. The summed E-state index contributed by atoms with van der Waals surface area (Å²) in [7, 11) is 0. The SMILES string of the molecule is Brc1cc2c(s1)CCCC2Nc1cccnc1. The maximum absolute atomic E-state index is 4.14. The summed E-state index contributed by atoms with van der Waals surface area (Å²) >= 11 is 5.45. The average molecular weight is 309 g/mol. The number of hydrogen-bond acceptors (Lipinski definition) is 3. The van der Waals surface area contributed by atoms with Crippen molar-refractivity contribution in [3.8, 4) is 0 Å². The average Bonchev–Trinajstić information content (AvgIpc) is 2.72. The minimum absolute atomic E-state index is 0.436. The second-order valence-corrected chi connectivity index (χ2v) is 6.78. The Morgan fingerprint density at radius 3 is 3.24 bits per heavy atom. The minimum Gasteiger partial charge on any atom is -0.377 e. The Bertz CT molecular complexity index is 509. The number of nitrogens with zero attached hydrogens (tertiary/aromatic N) is 1. The molecule has 17 heavy (non-hydrogen) atoms. The van der Waals surface area contributed by atoms with E-state index < -0.39 is 0 Å². The van der Waals surface area contributed by atoms with Crippen LogP contribution in [-0.2, 0) is 6.42 Å². The topological polar surface area (TPSA) is 24.9 Å². The molecule has 1 aliphatic carbocycles. The lowest BCUT2D eigenvalue weighted by Gasteiger charge is -2.24. The summed E-state index contributed by atoms with van der Waals surface area (Å²) in [5.41, 5.74) is 2.56. The van der Waals surface area contributed by atoms with Gasteiger partial charge < -0.3 is 5.32 Å². The van der Waals surface area contributed by atoms with Gasteiger partial charge in [-0.25, -0.2) is 0 Å². The molecule has 2 aromatic heterocycles. The molecule has 1 N–H and O–H groups in total. The van der Waals surface area contributed by atoms with Gasteiger partial charge in [0.2, 0.25) is 0 Å². The number of nitrogens with one attached hydrogen (secondary N) is 1. The van der Waals surface area contributed by atoms with Gasteiger partial charge in [0.05, 0.1) is 15.5 Å². The number of halogens is 1. The molecular formula is C13H13BrN2S. The van der Waals surface area contributed by atoms with Gasteiger partial charge >= 0.3 is 0 Å². The maximum Gasteiger partial charge on any atom is 0.0705 e. The number of aromatic nitrogens is 1. The standard InChI is InChI=1S/C13H13BrN2S/c14-13-7-10-11(4-1-5-12(10)17-13)16-9-3-2-6-15-8-9/h2-3,6-8,11,16H,1,4-5H2. The molecule has 88 valence electrons. The fourth-order valence-electron chi connectivity index (χ4n) is 2.32. The Labute approximate surface area is 113 Å². The van der Waals surface area contributed by atoms with Crippen LogP contribution in [0.1, 0.15) is 29.3 Å². The van der Waals surface area contributed by atoms with Crippen LogP contribution in [0.4, 0.5) is 5.69 Å². The van der Waals surface area contributed by atoms with Crippen LogP contribution < -0.4 is 5.32 Å². The van der Waals surface area contributed by atoms with Crippen molar-refractivity contribution in [3.05, 3.63) is 44.8 Å². The number of aryl methyl sites for hydroxylation is 1. The molecule has 1 atom stereocenters. The highest BCUT2D eigenvalue weighted by Crippen LogP contribution is 2.39. The highest BCUT2D eigenvalue weighted by Gasteiger charge is 2.22. The third kappa shape index (κ3) is 2.38. The number of pyridine rings is 1. The van der Waals surface area contributed by atoms with E-state index in [-0.39, 0.29) is 0 Å². The number of rotatable bonds is 2. The molecule has 0 spiro atoms. The summed E-state index contributed by atoms with van der Waals surface area (Å²) in [5, 5.41) is 3.57. The molecule has 0 bridgehead atoms. The van der Waals surface area contributed by atoms with Crippen molar-refractivity contribution < 1.29 is 0 Å². The zero-order valence-corrected chi connectivity index (χ0v) is 11.7. The van der Waals surface area contributed by atoms with Crippen molar-refractivity contribution in [3.63, 3.8) is 0 Å². The predicted molar refractivity (Wildman–Crippen MR) is 75.6 cm³/mol. The van der Waals surface area contributed by atoms with Crippen molar-refractivity contribution >= 4 is 33.0 Å². The van der Waals surface area contributed by atoms with Crippen LogP contribution >= 0.6 is 27.3 Å². The van der Waals surface area contributed by atoms with Gasteiger partial charge in [-0.2, -0.15) is 0 Å². The zero-order chi connectivity index (χ0) is 11.7. The van der Waals surface area contributed by atoms with Gasteiger partial charge in [0, 0.05) is 17.3 Å². The Morgan fingerprint density at radius 1 is 1.47 bits per heavy atom. The first-order chi connectivity index (χ1) is 8.33. The fraction of sp³-hybridized carbons (Fsp3) is 0.308. The Morgan fingerprint density at radius 2 is 2.41 bits per heavy atom. The van der Waals surface area contributed by atoms with Gasteiger partial charge in [0.1, 0.15) is 0 Å². The van der Waals surface area contributed by atoms with E-state index in [2.05, 4.69) is 38.4 Å². The predicted octanol–water partition coefficient (Wildman–Crippen LogP) is 4.40. The molecule has 0 fully saturated rings. The summed E-state index contributed by atoms with van der Waals surface area (Å²) in [5.74, 6) is 0. The first-order valence-electron chi connectivity index (χ1n) is 5.77. The highest BCUT2D eigenvalue weighted by atomic mass is 79.9. The minimum atomic E-state index is 0.436. The van der Waals surface area contributed by atoms with Crippen LogP contribution in [-0.4, -0.2) is 4.98 Å². The molecule has 0 amide bonds. The van der Waals surface area contributed by atoms with Gasteiger partial charge in [0.25, 0.3) is 0 Å². The Kier molecular flexibility index (Phi) is 3.16. The van der Waals surface area contributed by atoms with Crippen molar-refractivity contribution in [2.45, 2.75) is 25.3 Å². The van der Waals surface area contributed by atoms with Crippen LogP contribution in [0.2, 0.25) is 0 Å². The Hall–Kier alpha value is -0.870. The quantitative estimate of drug-likeness (QED) is 0.889. The van der Waals surface area contributed by atoms with Crippen molar-refractivity contribution in [2.75, 3.05) is 5.32 Å². The van der Waals surface area contributed by atoms with Crippen LogP contribution in [0.25, 0.3) is 0 Å². The zero-order valence-electron chi connectivity index (χ0n) is 9.32. The van der Waals surface area contributed by atoms with Gasteiger partial charge in [-0.1, -0.05) is 0 Å². The molecule has 0 aliphatic heterocycles. The van der Waals surface area contributed by atoms with Crippen LogP contribution in [0, 0.1) is 0 Å². The molecular weight excluding hydrogens is 296 g/mol. The number of thiophene rings is 1. The summed E-state index contributed by atoms with van der Waals surface area (Å²) in [6, 6.07) is 6.73. The summed E-state index contributed by atoms with van der Waals surface area (Å²) in [4.78, 5) is 5.66. The summed E-state index contributed by atoms with van der Waals surface area (Å²) in [6.45, 7) is 0. The van der Waals surface area contributed by atoms with Crippen LogP contribution in [0.15, 0.2) is 34.4 Å². The number of fused-ring (bicyclic) bond motifs is 1. The first kappa shape index (κ1) is 11.2. The maximum atomic E-state index is 4.14. The molecule has 0 radical (unpaired) electrons. The van der Waals surface area contributed by atoms with Gasteiger partial charge in [0.15, 0.2) is 0 Å². The lowest BCUT2D eigenvalue weighted by Crippen LogP contribution is -2.15. The molecule has 4 heteroatoms. The molecule has 2 heterocycles. The molecule has 2 aromatic rings. The molecule has 0 aromatic carbocycles.